The van der Waals surface area contributed by atoms with Crippen molar-refractivity contribution in [1.29, 1.82) is 0 Å². The summed E-state index contributed by atoms with van der Waals surface area (Å²) >= 11 is 0. The predicted molar refractivity (Wildman–Crippen MR) is 142 cm³/mol. The maximum absolute atomic E-state index is 12.8. The van der Waals surface area contributed by atoms with E-state index in [1.807, 2.05) is 0 Å². The minimum absolute atomic E-state index is 0.0742. The lowest BCUT2D eigenvalue weighted by Gasteiger charge is -2.66. The molecule has 0 N–H and O–H groups in total. The number of hydrogen-bond donors (Lipinski definition) is 0. The van der Waals surface area contributed by atoms with Crippen molar-refractivity contribution >= 4 is 11.9 Å². The summed E-state index contributed by atoms with van der Waals surface area (Å²) in [6.07, 6.45) is 18.0. The normalized spacial score (nSPS) is 20.5. The van der Waals surface area contributed by atoms with E-state index in [9.17, 15) is 9.59 Å². The van der Waals surface area contributed by atoms with Gasteiger partial charge in [0, 0.05) is 23.7 Å². The molecule has 0 aromatic rings. The first-order valence-electron chi connectivity index (χ1n) is 14.8. The molecular formula is C30H56O4. The van der Waals surface area contributed by atoms with Crippen LogP contribution < -0.4 is 0 Å². The average molecular weight is 481 g/mol. The summed E-state index contributed by atoms with van der Waals surface area (Å²) in [6.45, 7) is 13.1. The van der Waals surface area contributed by atoms with E-state index in [1.165, 1.54) is 51.4 Å². The van der Waals surface area contributed by atoms with Crippen LogP contribution in [0.4, 0.5) is 0 Å². The zero-order chi connectivity index (χ0) is 25.5. The molecule has 0 aliphatic heterocycles. The van der Waals surface area contributed by atoms with Gasteiger partial charge < -0.3 is 9.47 Å². The summed E-state index contributed by atoms with van der Waals surface area (Å²) in [5.41, 5.74) is -0.529. The number of unbranched alkanes of at least 4 members (excludes halogenated alkanes) is 10. The largest absolute Gasteiger partial charge is 0.461 e. The summed E-state index contributed by atoms with van der Waals surface area (Å²) in [5, 5.41) is 0. The highest BCUT2D eigenvalue weighted by Gasteiger charge is 2.71. The summed E-state index contributed by atoms with van der Waals surface area (Å²) in [6, 6.07) is 0. The van der Waals surface area contributed by atoms with Crippen LogP contribution in [-0.2, 0) is 19.1 Å². The fraction of sp³-hybridized carbons (Fsp3) is 0.933. The molecule has 0 aromatic carbocycles. The molecule has 1 saturated carbocycles. The molecule has 0 heterocycles. The van der Waals surface area contributed by atoms with Crippen molar-refractivity contribution in [2.45, 2.75) is 169 Å². The molecule has 0 unspecified atom stereocenters. The zero-order valence-electron chi connectivity index (χ0n) is 23.5. The van der Waals surface area contributed by atoms with Crippen molar-refractivity contribution in [2.24, 2.45) is 10.8 Å². The first kappa shape index (κ1) is 31.0. The van der Waals surface area contributed by atoms with Crippen LogP contribution in [0.25, 0.3) is 0 Å². The molecule has 0 saturated heterocycles. The zero-order valence-corrected chi connectivity index (χ0v) is 23.5. The van der Waals surface area contributed by atoms with E-state index in [4.69, 9.17) is 9.47 Å². The molecule has 0 aromatic heterocycles. The minimum atomic E-state index is -0.264. The summed E-state index contributed by atoms with van der Waals surface area (Å²) in [7, 11) is 0. The molecule has 4 nitrogen and oxygen atoms in total. The van der Waals surface area contributed by atoms with Crippen LogP contribution in [0.1, 0.15) is 157 Å². The van der Waals surface area contributed by atoms with Gasteiger partial charge in [-0.15, -0.1) is 0 Å². The van der Waals surface area contributed by atoms with Gasteiger partial charge in [0.25, 0.3) is 0 Å². The van der Waals surface area contributed by atoms with Gasteiger partial charge in [0.1, 0.15) is 12.2 Å². The quantitative estimate of drug-likeness (QED) is 0.129. The Kier molecular flexibility index (Phi) is 15.1. The van der Waals surface area contributed by atoms with Gasteiger partial charge in [-0.05, 0) is 38.5 Å². The highest BCUT2D eigenvalue weighted by Crippen LogP contribution is 2.64. The Morgan fingerprint density at radius 2 is 0.794 bits per heavy atom. The van der Waals surface area contributed by atoms with Gasteiger partial charge in [0.15, 0.2) is 0 Å². The molecule has 0 bridgehead atoms. The van der Waals surface area contributed by atoms with Gasteiger partial charge in [-0.2, -0.15) is 0 Å². The van der Waals surface area contributed by atoms with Crippen LogP contribution in [-0.4, -0.2) is 24.1 Å². The van der Waals surface area contributed by atoms with E-state index in [0.29, 0.717) is 12.8 Å². The number of rotatable bonds is 20. The first-order valence-corrected chi connectivity index (χ1v) is 14.8. The average Bonchev–Trinajstić information content (AvgIpc) is 2.84. The monoisotopic (exact) mass is 480 g/mol. The molecule has 0 radical (unpaired) electrons. The number of hydrogen-bond acceptors (Lipinski definition) is 4. The number of esters is 2. The summed E-state index contributed by atoms with van der Waals surface area (Å²) < 4.78 is 12.5. The number of ether oxygens (including phenoxy) is 2. The molecule has 0 spiro atoms. The standard InChI is InChI=1S/C30H56O4/c1-7-13-15-17-19-21-23-25(31)33-27-29(9-3,10-4)28(30(27,11-5)12-6)34-26(32)24-22-20-18-16-14-8-2/h27-28H,7-24H2,1-6H3. The van der Waals surface area contributed by atoms with Crippen LogP contribution >= 0.6 is 0 Å². The molecule has 0 atom stereocenters. The minimum Gasteiger partial charge on any atom is -0.461 e. The Labute approximate surface area is 211 Å². The van der Waals surface area contributed by atoms with E-state index in [2.05, 4.69) is 41.5 Å². The molecule has 1 fully saturated rings. The Balaban J connectivity index is 2.74. The summed E-state index contributed by atoms with van der Waals surface area (Å²) in [4.78, 5) is 25.6. The first-order chi connectivity index (χ1) is 16.4. The van der Waals surface area contributed by atoms with Crippen LogP contribution in [0.2, 0.25) is 0 Å². The second-order valence-electron chi connectivity index (χ2n) is 10.7. The Hall–Kier alpha value is -1.06. The molecular weight excluding hydrogens is 424 g/mol. The molecule has 0 amide bonds. The third kappa shape index (κ3) is 7.98. The van der Waals surface area contributed by atoms with Crippen LogP contribution in [0.15, 0.2) is 0 Å². The van der Waals surface area contributed by atoms with Crippen LogP contribution in [0.3, 0.4) is 0 Å². The Bertz CT molecular complexity index is 500. The van der Waals surface area contributed by atoms with E-state index in [1.54, 1.807) is 0 Å². The highest BCUT2D eigenvalue weighted by molar-refractivity contribution is 5.71. The van der Waals surface area contributed by atoms with Gasteiger partial charge in [-0.25, -0.2) is 0 Å². The lowest BCUT2D eigenvalue weighted by Crippen LogP contribution is -2.73. The van der Waals surface area contributed by atoms with Gasteiger partial charge in [0.2, 0.25) is 0 Å². The Morgan fingerprint density at radius 3 is 1.09 bits per heavy atom. The van der Waals surface area contributed by atoms with Gasteiger partial charge in [0.05, 0.1) is 0 Å². The van der Waals surface area contributed by atoms with Crippen molar-refractivity contribution in [2.75, 3.05) is 0 Å². The van der Waals surface area contributed by atoms with Crippen molar-refractivity contribution in [3.8, 4) is 0 Å². The maximum atomic E-state index is 12.8. The molecule has 1 rings (SSSR count). The molecule has 4 heteroatoms. The van der Waals surface area contributed by atoms with Gasteiger partial charge >= 0.3 is 11.9 Å². The van der Waals surface area contributed by atoms with Gasteiger partial charge in [-0.1, -0.05) is 106 Å². The van der Waals surface area contributed by atoms with Crippen molar-refractivity contribution in [1.82, 2.24) is 0 Å². The summed E-state index contributed by atoms with van der Waals surface area (Å²) in [5.74, 6) is -0.148. The van der Waals surface area contributed by atoms with Gasteiger partial charge in [-0.3, -0.25) is 9.59 Å². The second kappa shape index (κ2) is 16.6. The third-order valence-electron chi connectivity index (χ3n) is 8.69. The predicted octanol–water partition coefficient (Wildman–Crippen LogP) is 8.94. The third-order valence-corrected chi connectivity index (χ3v) is 8.69. The second-order valence-corrected chi connectivity index (χ2v) is 10.7. The molecule has 34 heavy (non-hydrogen) atoms. The van der Waals surface area contributed by atoms with Crippen molar-refractivity contribution < 1.29 is 19.1 Å². The fourth-order valence-corrected chi connectivity index (χ4v) is 6.26. The number of carbonyl (C=O) groups excluding carboxylic acids is 2. The molecule has 200 valence electrons. The smallest absolute Gasteiger partial charge is 0.306 e. The van der Waals surface area contributed by atoms with E-state index >= 15 is 0 Å². The highest BCUT2D eigenvalue weighted by atomic mass is 16.6. The SMILES string of the molecule is CCCCCCCCC(=O)OC1C(CC)(CC)C(OC(=O)CCCCCCCC)C1(CC)CC. The lowest BCUT2D eigenvalue weighted by molar-refractivity contribution is -0.295. The number of carbonyl (C=O) groups is 2. The van der Waals surface area contributed by atoms with Crippen LogP contribution in [0, 0.1) is 10.8 Å². The van der Waals surface area contributed by atoms with Crippen molar-refractivity contribution in [3.63, 3.8) is 0 Å². The molecule has 1 aliphatic rings. The Morgan fingerprint density at radius 1 is 0.500 bits per heavy atom. The van der Waals surface area contributed by atoms with E-state index in [-0.39, 0.29) is 35.0 Å². The van der Waals surface area contributed by atoms with E-state index < -0.39 is 0 Å². The van der Waals surface area contributed by atoms with E-state index in [0.717, 1.165) is 51.4 Å². The van der Waals surface area contributed by atoms with Crippen LogP contribution in [0.5, 0.6) is 0 Å². The topological polar surface area (TPSA) is 52.6 Å². The maximum Gasteiger partial charge on any atom is 0.306 e. The molecule has 1 aliphatic carbocycles. The fourth-order valence-electron chi connectivity index (χ4n) is 6.26. The lowest BCUT2D eigenvalue weighted by atomic mass is 9.44. The van der Waals surface area contributed by atoms with Crippen molar-refractivity contribution in [3.05, 3.63) is 0 Å².